The molecule has 0 aliphatic rings. The Labute approximate surface area is 104 Å². The average Bonchev–Trinajstić information content (AvgIpc) is 2.77. The Balaban J connectivity index is 2.30. The Hall–Kier alpha value is -0.870. The molecule has 2 N–H and O–H groups in total. The fraction of sp³-hybridized carbons (Fsp3) is 0.769. The predicted octanol–water partition coefficient (Wildman–Crippen LogP) is 2.10. The van der Waals surface area contributed by atoms with Gasteiger partial charge in [0, 0.05) is 25.3 Å². The molecule has 1 heterocycles. The van der Waals surface area contributed by atoms with Crippen LogP contribution in [0, 0.1) is 0 Å². The molecule has 0 saturated heterocycles. The fourth-order valence-electron chi connectivity index (χ4n) is 1.71. The fourth-order valence-corrected chi connectivity index (χ4v) is 1.71. The molecule has 98 valence electrons. The molecule has 4 heteroatoms. The number of nitrogens with zero attached hydrogens (tertiary/aromatic N) is 2. The predicted molar refractivity (Wildman–Crippen MR) is 69.9 cm³/mol. The standard InChI is InChI=1S/C13H25N3O/c1-4-6-13(17)10-14-9-12-7-8-16(15-12)11(3)5-2/h7-8,11,13-14,17H,4-6,9-10H2,1-3H3. The van der Waals surface area contributed by atoms with E-state index in [1.165, 1.54) is 0 Å². The maximum Gasteiger partial charge on any atom is 0.0762 e. The Morgan fingerprint density at radius 2 is 2.24 bits per heavy atom. The minimum absolute atomic E-state index is 0.239. The summed E-state index contributed by atoms with van der Waals surface area (Å²) in [5.41, 5.74) is 1.04. The van der Waals surface area contributed by atoms with Gasteiger partial charge in [0.2, 0.25) is 0 Å². The Morgan fingerprint density at radius 1 is 1.47 bits per heavy atom. The highest BCUT2D eigenvalue weighted by Gasteiger charge is 2.05. The lowest BCUT2D eigenvalue weighted by molar-refractivity contribution is 0.160. The molecule has 0 aliphatic heterocycles. The molecule has 0 bridgehead atoms. The molecular formula is C13H25N3O. The van der Waals surface area contributed by atoms with Gasteiger partial charge in [-0.3, -0.25) is 4.68 Å². The number of hydrogen-bond donors (Lipinski definition) is 2. The van der Waals surface area contributed by atoms with E-state index in [9.17, 15) is 5.11 Å². The first-order valence-electron chi connectivity index (χ1n) is 6.60. The van der Waals surface area contributed by atoms with Crippen molar-refractivity contribution in [3.63, 3.8) is 0 Å². The zero-order valence-corrected chi connectivity index (χ0v) is 11.2. The van der Waals surface area contributed by atoms with Gasteiger partial charge in [-0.1, -0.05) is 20.3 Å². The van der Waals surface area contributed by atoms with E-state index in [4.69, 9.17) is 0 Å². The van der Waals surface area contributed by atoms with Crippen LogP contribution in [-0.4, -0.2) is 27.5 Å². The van der Waals surface area contributed by atoms with Crippen LogP contribution in [0.25, 0.3) is 0 Å². The molecule has 1 aromatic rings. The van der Waals surface area contributed by atoms with Crippen LogP contribution in [0.2, 0.25) is 0 Å². The van der Waals surface area contributed by atoms with E-state index in [-0.39, 0.29) is 6.10 Å². The van der Waals surface area contributed by atoms with Crippen molar-refractivity contribution in [1.29, 1.82) is 0 Å². The van der Waals surface area contributed by atoms with Crippen LogP contribution >= 0.6 is 0 Å². The first-order chi connectivity index (χ1) is 8.17. The van der Waals surface area contributed by atoms with Gasteiger partial charge in [-0.25, -0.2) is 0 Å². The minimum atomic E-state index is -0.239. The van der Waals surface area contributed by atoms with Gasteiger partial charge in [0.05, 0.1) is 11.8 Å². The van der Waals surface area contributed by atoms with E-state index in [0.717, 1.165) is 31.5 Å². The maximum absolute atomic E-state index is 9.57. The lowest BCUT2D eigenvalue weighted by Crippen LogP contribution is -2.26. The lowest BCUT2D eigenvalue weighted by Gasteiger charge is -2.10. The van der Waals surface area contributed by atoms with Crippen molar-refractivity contribution < 1.29 is 5.11 Å². The average molecular weight is 239 g/mol. The van der Waals surface area contributed by atoms with E-state index in [1.54, 1.807) is 0 Å². The van der Waals surface area contributed by atoms with Gasteiger partial charge in [0.25, 0.3) is 0 Å². The van der Waals surface area contributed by atoms with Crippen LogP contribution in [0.1, 0.15) is 51.8 Å². The summed E-state index contributed by atoms with van der Waals surface area (Å²) in [7, 11) is 0. The summed E-state index contributed by atoms with van der Waals surface area (Å²) < 4.78 is 2.00. The molecule has 2 unspecified atom stereocenters. The van der Waals surface area contributed by atoms with Crippen LogP contribution in [-0.2, 0) is 6.54 Å². The smallest absolute Gasteiger partial charge is 0.0762 e. The first kappa shape index (κ1) is 14.2. The summed E-state index contributed by atoms with van der Waals surface area (Å²) in [4.78, 5) is 0. The van der Waals surface area contributed by atoms with Crippen LogP contribution in [0.5, 0.6) is 0 Å². The van der Waals surface area contributed by atoms with Crippen molar-refractivity contribution in [1.82, 2.24) is 15.1 Å². The van der Waals surface area contributed by atoms with Crippen molar-refractivity contribution in [3.05, 3.63) is 18.0 Å². The zero-order chi connectivity index (χ0) is 12.7. The molecule has 0 fully saturated rings. The second-order valence-electron chi connectivity index (χ2n) is 4.62. The van der Waals surface area contributed by atoms with Gasteiger partial charge in [-0.2, -0.15) is 5.10 Å². The summed E-state index contributed by atoms with van der Waals surface area (Å²) >= 11 is 0. The Morgan fingerprint density at radius 3 is 2.88 bits per heavy atom. The molecule has 17 heavy (non-hydrogen) atoms. The number of hydrogen-bond acceptors (Lipinski definition) is 3. The van der Waals surface area contributed by atoms with Gasteiger partial charge in [-0.05, 0) is 25.8 Å². The van der Waals surface area contributed by atoms with Crippen LogP contribution in [0.3, 0.4) is 0 Å². The van der Waals surface area contributed by atoms with Crippen LogP contribution in [0.4, 0.5) is 0 Å². The number of aromatic nitrogens is 2. The lowest BCUT2D eigenvalue weighted by atomic mass is 10.2. The highest BCUT2D eigenvalue weighted by atomic mass is 16.3. The third-order valence-corrected chi connectivity index (χ3v) is 3.01. The van der Waals surface area contributed by atoms with Gasteiger partial charge in [0.15, 0.2) is 0 Å². The maximum atomic E-state index is 9.57. The third-order valence-electron chi connectivity index (χ3n) is 3.01. The normalized spacial score (nSPS) is 14.8. The van der Waals surface area contributed by atoms with Gasteiger partial charge in [0.1, 0.15) is 0 Å². The van der Waals surface area contributed by atoms with Crippen LogP contribution < -0.4 is 5.32 Å². The highest BCUT2D eigenvalue weighted by Crippen LogP contribution is 2.08. The molecule has 0 aromatic carbocycles. The molecule has 1 aromatic heterocycles. The molecule has 4 nitrogen and oxygen atoms in total. The van der Waals surface area contributed by atoms with Crippen molar-refractivity contribution in [3.8, 4) is 0 Å². The van der Waals surface area contributed by atoms with Gasteiger partial charge >= 0.3 is 0 Å². The van der Waals surface area contributed by atoms with E-state index in [1.807, 2.05) is 16.9 Å². The Kier molecular flexibility index (Phi) is 6.22. The van der Waals surface area contributed by atoms with E-state index >= 15 is 0 Å². The minimum Gasteiger partial charge on any atom is -0.392 e. The summed E-state index contributed by atoms with van der Waals surface area (Å²) in [5, 5.41) is 17.3. The SMILES string of the molecule is CCCC(O)CNCc1ccn(C(C)CC)n1. The van der Waals surface area contributed by atoms with Crippen molar-refractivity contribution in [2.24, 2.45) is 0 Å². The number of aliphatic hydroxyl groups excluding tert-OH is 1. The molecule has 0 saturated carbocycles. The highest BCUT2D eigenvalue weighted by molar-refractivity contribution is 4.99. The number of aliphatic hydroxyl groups is 1. The molecule has 0 radical (unpaired) electrons. The van der Waals surface area contributed by atoms with E-state index in [2.05, 4.69) is 31.2 Å². The second-order valence-corrected chi connectivity index (χ2v) is 4.62. The number of nitrogens with one attached hydrogen (secondary N) is 1. The summed E-state index contributed by atoms with van der Waals surface area (Å²) in [6.07, 6.45) is 4.74. The van der Waals surface area contributed by atoms with Crippen molar-refractivity contribution >= 4 is 0 Å². The van der Waals surface area contributed by atoms with Crippen molar-refractivity contribution in [2.45, 2.75) is 58.7 Å². The monoisotopic (exact) mass is 239 g/mol. The summed E-state index contributed by atoms with van der Waals surface area (Å²) in [6, 6.07) is 2.49. The van der Waals surface area contributed by atoms with E-state index in [0.29, 0.717) is 12.6 Å². The summed E-state index contributed by atoms with van der Waals surface area (Å²) in [6.45, 7) is 7.77. The molecule has 0 amide bonds. The molecular weight excluding hydrogens is 214 g/mol. The van der Waals surface area contributed by atoms with Gasteiger partial charge < -0.3 is 10.4 Å². The first-order valence-corrected chi connectivity index (χ1v) is 6.60. The molecule has 0 aliphatic carbocycles. The van der Waals surface area contributed by atoms with Crippen LogP contribution in [0.15, 0.2) is 12.3 Å². The topological polar surface area (TPSA) is 50.1 Å². The quantitative estimate of drug-likeness (QED) is 0.730. The number of rotatable bonds is 8. The second kappa shape index (κ2) is 7.45. The Bertz CT molecular complexity index is 311. The summed E-state index contributed by atoms with van der Waals surface area (Å²) in [5.74, 6) is 0. The molecule has 0 spiro atoms. The van der Waals surface area contributed by atoms with E-state index < -0.39 is 0 Å². The van der Waals surface area contributed by atoms with Gasteiger partial charge in [-0.15, -0.1) is 0 Å². The van der Waals surface area contributed by atoms with Crippen molar-refractivity contribution in [2.75, 3.05) is 6.54 Å². The molecule has 1 rings (SSSR count). The third kappa shape index (κ3) is 4.88. The molecule has 2 atom stereocenters. The zero-order valence-electron chi connectivity index (χ0n) is 11.2. The largest absolute Gasteiger partial charge is 0.392 e.